The van der Waals surface area contributed by atoms with Gasteiger partial charge >= 0.3 is 0 Å². The summed E-state index contributed by atoms with van der Waals surface area (Å²) in [6.07, 6.45) is 1.03. The zero-order chi connectivity index (χ0) is 13.3. The van der Waals surface area contributed by atoms with Gasteiger partial charge in [-0.25, -0.2) is 0 Å². The van der Waals surface area contributed by atoms with Gasteiger partial charge in [0.25, 0.3) is 0 Å². The highest BCUT2D eigenvalue weighted by molar-refractivity contribution is 5.68. The minimum Gasteiger partial charge on any atom is -0.496 e. The number of benzene rings is 1. The summed E-state index contributed by atoms with van der Waals surface area (Å²) in [7, 11) is 3.43. The highest BCUT2D eigenvalue weighted by Gasteiger charge is 2.31. The zero-order valence-corrected chi connectivity index (χ0v) is 12.0. The summed E-state index contributed by atoms with van der Waals surface area (Å²) in [5.74, 6) is 2.46. The van der Waals surface area contributed by atoms with Crippen LogP contribution in [0.3, 0.4) is 0 Å². The predicted molar refractivity (Wildman–Crippen MR) is 74.7 cm³/mol. The van der Waals surface area contributed by atoms with Gasteiger partial charge in [-0.05, 0) is 29.9 Å². The normalized spacial score (nSPS) is 18.8. The van der Waals surface area contributed by atoms with Crippen molar-refractivity contribution in [3.05, 3.63) is 17.7 Å². The van der Waals surface area contributed by atoms with E-state index in [4.69, 9.17) is 9.47 Å². The molecule has 0 aromatic heterocycles. The molecule has 0 saturated heterocycles. The monoisotopic (exact) mass is 249 g/mol. The lowest BCUT2D eigenvalue weighted by molar-refractivity contribution is 0.244. The fraction of sp³-hybridized carbons (Fsp3) is 0.600. The smallest absolute Gasteiger partial charge is 0.142 e. The van der Waals surface area contributed by atoms with Crippen LogP contribution < -0.4 is 14.8 Å². The summed E-state index contributed by atoms with van der Waals surface area (Å²) in [5, 5.41) is 3.51. The molecule has 0 spiro atoms. The molecule has 100 valence electrons. The Labute approximate surface area is 109 Å². The summed E-state index contributed by atoms with van der Waals surface area (Å²) in [6.45, 7) is 7.85. The van der Waals surface area contributed by atoms with Crippen LogP contribution in [0.25, 0.3) is 0 Å². The van der Waals surface area contributed by atoms with Crippen molar-refractivity contribution in [1.82, 2.24) is 0 Å². The standard InChI is InChI=1S/C15H23NO2/c1-15(2,3)10-8-11-12(17-4)6-7-13(18-5)14(11)16-9-10/h6-7,10,16H,8-9H2,1-5H3. The fourth-order valence-corrected chi connectivity index (χ4v) is 2.52. The molecule has 1 aromatic carbocycles. The number of rotatable bonds is 2. The lowest BCUT2D eigenvalue weighted by atomic mass is 9.75. The average molecular weight is 249 g/mol. The SMILES string of the molecule is COc1ccc(OC)c2c1CC(C(C)(C)C)CN2. The summed E-state index contributed by atoms with van der Waals surface area (Å²) < 4.78 is 10.9. The molecule has 0 saturated carbocycles. The number of nitrogens with one attached hydrogen (secondary N) is 1. The molecule has 0 bridgehead atoms. The van der Waals surface area contributed by atoms with Gasteiger partial charge < -0.3 is 14.8 Å². The predicted octanol–water partition coefficient (Wildman–Crippen LogP) is 3.33. The molecule has 1 aliphatic rings. The van der Waals surface area contributed by atoms with Crippen molar-refractivity contribution < 1.29 is 9.47 Å². The molecule has 0 aliphatic carbocycles. The van der Waals surface area contributed by atoms with E-state index in [-0.39, 0.29) is 0 Å². The van der Waals surface area contributed by atoms with E-state index in [1.165, 1.54) is 5.56 Å². The first-order chi connectivity index (χ1) is 8.47. The van der Waals surface area contributed by atoms with Gasteiger partial charge in [0.05, 0.1) is 19.9 Å². The van der Waals surface area contributed by atoms with E-state index in [0.29, 0.717) is 11.3 Å². The number of ether oxygens (including phenoxy) is 2. The fourth-order valence-electron chi connectivity index (χ4n) is 2.52. The van der Waals surface area contributed by atoms with Gasteiger partial charge in [-0.1, -0.05) is 20.8 Å². The highest BCUT2D eigenvalue weighted by atomic mass is 16.5. The van der Waals surface area contributed by atoms with Crippen molar-refractivity contribution in [3.63, 3.8) is 0 Å². The van der Waals surface area contributed by atoms with E-state index >= 15 is 0 Å². The van der Waals surface area contributed by atoms with Crippen LogP contribution in [0.2, 0.25) is 0 Å². The van der Waals surface area contributed by atoms with Gasteiger partial charge in [0.2, 0.25) is 0 Å². The Morgan fingerprint density at radius 2 is 1.72 bits per heavy atom. The molecular formula is C15H23NO2. The van der Waals surface area contributed by atoms with E-state index in [1.54, 1.807) is 14.2 Å². The van der Waals surface area contributed by atoms with E-state index in [0.717, 1.165) is 30.2 Å². The van der Waals surface area contributed by atoms with Gasteiger partial charge in [-0.3, -0.25) is 0 Å². The molecule has 18 heavy (non-hydrogen) atoms. The molecular weight excluding hydrogens is 226 g/mol. The van der Waals surface area contributed by atoms with E-state index in [1.807, 2.05) is 12.1 Å². The van der Waals surface area contributed by atoms with Crippen molar-refractivity contribution in [2.45, 2.75) is 27.2 Å². The summed E-state index contributed by atoms with van der Waals surface area (Å²) in [5.41, 5.74) is 2.62. The third-order valence-electron chi connectivity index (χ3n) is 3.87. The molecule has 0 amide bonds. The maximum absolute atomic E-state index is 5.48. The molecule has 1 N–H and O–H groups in total. The molecule has 1 unspecified atom stereocenters. The van der Waals surface area contributed by atoms with E-state index in [9.17, 15) is 0 Å². The Balaban J connectivity index is 2.41. The third kappa shape index (κ3) is 2.26. The second-order valence-electron chi connectivity index (χ2n) is 5.97. The maximum Gasteiger partial charge on any atom is 0.142 e. The topological polar surface area (TPSA) is 30.5 Å². The Hall–Kier alpha value is -1.38. The minimum absolute atomic E-state index is 0.290. The maximum atomic E-state index is 5.48. The van der Waals surface area contributed by atoms with Gasteiger partial charge in [0.15, 0.2) is 0 Å². The first-order valence-electron chi connectivity index (χ1n) is 6.45. The summed E-state index contributed by atoms with van der Waals surface area (Å²) in [4.78, 5) is 0. The number of hydrogen-bond donors (Lipinski definition) is 1. The van der Waals surface area contributed by atoms with Crippen LogP contribution in [-0.4, -0.2) is 20.8 Å². The highest BCUT2D eigenvalue weighted by Crippen LogP contribution is 2.43. The van der Waals surface area contributed by atoms with Gasteiger partial charge in [-0.15, -0.1) is 0 Å². The van der Waals surface area contributed by atoms with Crippen LogP contribution in [0, 0.1) is 11.3 Å². The van der Waals surface area contributed by atoms with Crippen molar-refractivity contribution in [2.75, 3.05) is 26.1 Å². The molecule has 3 heteroatoms. The Morgan fingerprint density at radius 1 is 1.11 bits per heavy atom. The van der Waals surface area contributed by atoms with Crippen molar-refractivity contribution in [2.24, 2.45) is 11.3 Å². The lowest BCUT2D eigenvalue weighted by Gasteiger charge is -2.36. The molecule has 0 fully saturated rings. The van der Waals surface area contributed by atoms with E-state index < -0.39 is 0 Å². The van der Waals surface area contributed by atoms with Crippen molar-refractivity contribution >= 4 is 5.69 Å². The molecule has 1 aliphatic heterocycles. The van der Waals surface area contributed by atoms with Crippen molar-refractivity contribution in [3.8, 4) is 11.5 Å². The van der Waals surface area contributed by atoms with Gasteiger partial charge in [0, 0.05) is 12.1 Å². The first kappa shape index (κ1) is 13.1. The lowest BCUT2D eigenvalue weighted by Crippen LogP contribution is -2.33. The Morgan fingerprint density at radius 3 is 2.28 bits per heavy atom. The number of fused-ring (bicyclic) bond motifs is 1. The third-order valence-corrected chi connectivity index (χ3v) is 3.87. The largest absolute Gasteiger partial charge is 0.496 e. The quantitative estimate of drug-likeness (QED) is 0.872. The first-order valence-corrected chi connectivity index (χ1v) is 6.45. The van der Waals surface area contributed by atoms with Crippen molar-refractivity contribution in [1.29, 1.82) is 0 Å². The van der Waals surface area contributed by atoms with Gasteiger partial charge in [-0.2, -0.15) is 0 Å². The molecule has 0 radical (unpaired) electrons. The Bertz CT molecular complexity index is 435. The molecule has 1 heterocycles. The van der Waals surface area contributed by atoms with Crippen LogP contribution >= 0.6 is 0 Å². The second kappa shape index (κ2) is 4.71. The second-order valence-corrected chi connectivity index (χ2v) is 5.97. The summed E-state index contributed by atoms with van der Waals surface area (Å²) >= 11 is 0. The van der Waals surface area contributed by atoms with Crippen LogP contribution in [0.4, 0.5) is 5.69 Å². The van der Waals surface area contributed by atoms with E-state index in [2.05, 4.69) is 26.1 Å². The molecule has 1 aromatic rings. The molecule has 2 rings (SSSR count). The number of methoxy groups -OCH3 is 2. The molecule has 3 nitrogen and oxygen atoms in total. The van der Waals surface area contributed by atoms with Gasteiger partial charge in [0.1, 0.15) is 11.5 Å². The zero-order valence-electron chi connectivity index (χ0n) is 12.0. The Kier molecular flexibility index (Phi) is 3.42. The van der Waals surface area contributed by atoms with Crippen LogP contribution in [0.1, 0.15) is 26.3 Å². The summed E-state index contributed by atoms with van der Waals surface area (Å²) in [6, 6.07) is 3.95. The minimum atomic E-state index is 0.290. The van der Waals surface area contributed by atoms with Crippen LogP contribution in [-0.2, 0) is 6.42 Å². The van der Waals surface area contributed by atoms with Crippen LogP contribution in [0.15, 0.2) is 12.1 Å². The average Bonchev–Trinajstić information content (AvgIpc) is 2.35. The number of anilines is 1. The molecule has 1 atom stereocenters. The van der Waals surface area contributed by atoms with Crippen LogP contribution in [0.5, 0.6) is 11.5 Å². The number of hydrogen-bond acceptors (Lipinski definition) is 3.